The Kier molecular flexibility index (Phi) is 6.19. The number of rotatable bonds is 3. The molecule has 0 spiro atoms. The Balaban J connectivity index is 0.000000344. The third kappa shape index (κ3) is 5.30. The van der Waals surface area contributed by atoms with E-state index in [1.807, 2.05) is 20.8 Å². The van der Waals surface area contributed by atoms with Gasteiger partial charge in [0.05, 0.1) is 18.6 Å². The Morgan fingerprint density at radius 1 is 1.05 bits per heavy atom. The molecule has 112 valence electrons. The summed E-state index contributed by atoms with van der Waals surface area (Å²) >= 11 is 0. The molecule has 0 atom stereocenters. The zero-order valence-electron chi connectivity index (χ0n) is 11.9. The normalized spacial score (nSPS) is 17.6. The first-order valence-corrected chi connectivity index (χ1v) is 6.15. The summed E-state index contributed by atoms with van der Waals surface area (Å²) in [6.07, 6.45) is -4.66. The number of carbonyl (C=O) groups is 2. The predicted molar refractivity (Wildman–Crippen MR) is 64.7 cm³/mol. The molecule has 0 aliphatic carbocycles. The lowest BCUT2D eigenvalue weighted by molar-refractivity contribution is -0.174. The van der Waals surface area contributed by atoms with Gasteiger partial charge >= 0.3 is 6.18 Å². The SMILES string of the molecule is CC(C)C(=O)C(F)(F)F.CC(C)C(=O)C1(C)COC1. The van der Waals surface area contributed by atoms with E-state index in [0.717, 1.165) is 0 Å². The Morgan fingerprint density at radius 3 is 1.53 bits per heavy atom. The first-order chi connectivity index (χ1) is 8.42. The van der Waals surface area contributed by atoms with Gasteiger partial charge in [-0.2, -0.15) is 13.2 Å². The second kappa shape index (κ2) is 6.50. The van der Waals surface area contributed by atoms with Crippen LogP contribution in [0, 0.1) is 17.3 Å². The number of Topliss-reactive ketones (excluding diaryl/α,β-unsaturated/α-hetero) is 2. The van der Waals surface area contributed by atoms with Crippen LogP contribution in [0.5, 0.6) is 0 Å². The summed E-state index contributed by atoms with van der Waals surface area (Å²) in [5.41, 5.74) is -0.159. The van der Waals surface area contributed by atoms with Gasteiger partial charge in [0.15, 0.2) is 0 Å². The summed E-state index contributed by atoms with van der Waals surface area (Å²) in [5.74, 6) is -2.14. The van der Waals surface area contributed by atoms with E-state index in [-0.39, 0.29) is 11.3 Å². The highest BCUT2D eigenvalue weighted by atomic mass is 19.4. The molecular weight excluding hydrogens is 261 g/mol. The second-order valence-corrected chi connectivity index (χ2v) is 5.59. The number of ether oxygens (including phenoxy) is 1. The quantitative estimate of drug-likeness (QED) is 0.799. The van der Waals surface area contributed by atoms with Crippen molar-refractivity contribution in [1.82, 2.24) is 0 Å². The number of halogens is 3. The molecule has 0 aromatic rings. The van der Waals surface area contributed by atoms with Gasteiger partial charge in [-0.15, -0.1) is 0 Å². The molecule has 0 unspecified atom stereocenters. The van der Waals surface area contributed by atoms with Crippen LogP contribution in [0.4, 0.5) is 13.2 Å². The monoisotopic (exact) mass is 282 g/mol. The van der Waals surface area contributed by atoms with Crippen molar-refractivity contribution >= 4 is 11.6 Å². The highest BCUT2D eigenvalue weighted by Crippen LogP contribution is 2.30. The molecule has 1 aliphatic rings. The Labute approximate surface area is 111 Å². The number of alkyl halides is 3. The van der Waals surface area contributed by atoms with Crippen molar-refractivity contribution in [3.63, 3.8) is 0 Å². The summed E-state index contributed by atoms with van der Waals surface area (Å²) < 4.78 is 39.0. The summed E-state index contributed by atoms with van der Waals surface area (Å²) in [6, 6.07) is 0. The van der Waals surface area contributed by atoms with Crippen LogP contribution in [-0.2, 0) is 14.3 Å². The number of carbonyl (C=O) groups excluding carboxylic acids is 2. The van der Waals surface area contributed by atoms with Crippen molar-refractivity contribution < 1.29 is 27.5 Å². The largest absolute Gasteiger partial charge is 0.450 e. The van der Waals surface area contributed by atoms with Gasteiger partial charge in [-0.3, -0.25) is 9.59 Å². The van der Waals surface area contributed by atoms with Crippen molar-refractivity contribution in [3.8, 4) is 0 Å². The van der Waals surface area contributed by atoms with Crippen LogP contribution in [0.3, 0.4) is 0 Å². The van der Waals surface area contributed by atoms with E-state index in [1.54, 1.807) is 0 Å². The molecule has 3 nitrogen and oxygen atoms in total. The van der Waals surface area contributed by atoms with E-state index < -0.39 is 17.9 Å². The zero-order valence-corrected chi connectivity index (χ0v) is 11.9. The molecule has 19 heavy (non-hydrogen) atoms. The Bertz CT molecular complexity index is 329. The smallest absolute Gasteiger partial charge is 0.379 e. The van der Waals surface area contributed by atoms with Crippen LogP contribution >= 0.6 is 0 Å². The standard InChI is InChI=1S/C8H14O2.C5H7F3O/c1-6(2)7(9)8(3)4-10-5-8;1-3(2)4(9)5(6,7)8/h6H,4-5H2,1-3H3;3H,1-2H3. The molecule has 1 rings (SSSR count). The second-order valence-electron chi connectivity index (χ2n) is 5.59. The predicted octanol–water partition coefficient (Wildman–Crippen LogP) is 3.02. The number of hydrogen-bond acceptors (Lipinski definition) is 3. The van der Waals surface area contributed by atoms with Gasteiger partial charge in [-0.1, -0.05) is 27.7 Å². The minimum absolute atomic E-state index is 0.147. The molecule has 1 aliphatic heterocycles. The molecule has 0 aromatic carbocycles. The van der Waals surface area contributed by atoms with E-state index in [4.69, 9.17) is 4.74 Å². The van der Waals surface area contributed by atoms with Crippen LogP contribution in [0.2, 0.25) is 0 Å². The molecule has 0 N–H and O–H groups in total. The summed E-state index contributed by atoms with van der Waals surface area (Å²) in [4.78, 5) is 21.4. The van der Waals surface area contributed by atoms with Crippen LogP contribution in [0.25, 0.3) is 0 Å². The first kappa shape index (κ1) is 18.1. The van der Waals surface area contributed by atoms with Gasteiger partial charge < -0.3 is 4.74 Å². The van der Waals surface area contributed by atoms with Crippen molar-refractivity contribution in [1.29, 1.82) is 0 Å². The van der Waals surface area contributed by atoms with Crippen LogP contribution < -0.4 is 0 Å². The summed E-state index contributed by atoms with van der Waals surface area (Å²) in [5, 5.41) is 0. The maximum absolute atomic E-state index is 11.4. The molecule has 1 fully saturated rings. The van der Waals surface area contributed by atoms with Gasteiger partial charge in [-0.25, -0.2) is 0 Å². The molecular formula is C13H21F3O3. The summed E-state index contributed by atoms with van der Waals surface area (Å²) in [6.45, 7) is 9.51. The molecule has 6 heteroatoms. The lowest BCUT2D eigenvalue weighted by Crippen LogP contribution is -2.48. The fourth-order valence-electron chi connectivity index (χ4n) is 1.57. The molecule has 1 heterocycles. The molecule has 0 amide bonds. The minimum atomic E-state index is -4.66. The third-order valence-corrected chi connectivity index (χ3v) is 2.76. The van der Waals surface area contributed by atoms with Gasteiger partial charge in [-0.05, 0) is 6.92 Å². The van der Waals surface area contributed by atoms with Crippen molar-refractivity contribution in [2.24, 2.45) is 17.3 Å². The average Bonchev–Trinajstić information content (AvgIpc) is 2.23. The third-order valence-electron chi connectivity index (χ3n) is 2.76. The van der Waals surface area contributed by atoms with Gasteiger partial charge in [0.2, 0.25) is 5.78 Å². The van der Waals surface area contributed by atoms with Crippen LogP contribution in [-0.4, -0.2) is 31.0 Å². The lowest BCUT2D eigenvalue weighted by Gasteiger charge is -2.37. The van der Waals surface area contributed by atoms with E-state index in [2.05, 4.69) is 0 Å². The molecule has 0 bridgehead atoms. The van der Waals surface area contributed by atoms with E-state index in [0.29, 0.717) is 19.0 Å². The van der Waals surface area contributed by atoms with Gasteiger partial charge in [0, 0.05) is 11.8 Å². The highest BCUT2D eigenvalue weighted by molar-refractivity contribution is 5.87. The molecule has 1 saturated heterocycles. The Morgan fingerprint density at radius 2 is 1.47 bits per heavy atom. The first-order valence-electron chi connectivity index (χ1n) is 6.15. The van der Waals surface area contributed by atoms with E-state index in [9.17, 15) is 22.8 Å². The minimum Gasteiger partial charge on any atom is -0.379 e. The lowest BCUT2D eigenvalue weighted by atomic mass is 9.79. The number of ketones is 2. The average molecular weight is 282 g/mol. The van der Waals surface area contributed by atoms with Crippen molar-refractivity contribution in [2.75, 3.05) is 13.2 Å². The Hall–Kier alpha value is -0.910. The zero-order chi connectivity index (χ0) is 15.4. The van der Waals surface area contributed by atoms with Crippen LogP contribution in [0.15, 0.2) is 0 Å². The van der Waals surface area contributed by atoms with Gasteiger partial charge in [0.1, 0.15) is 5.78 Å². The topological polar surface area (TPSA) is 43.4 Å². The van der Waals surface area contributed by atoms with Crippen LogP contribution in [0.1, 0.15) is 34.6 Å². The van der Waals surface area contributed by atoms with Crippen molar-refractivity contribution in [2.45, 2.75) is 40.8 Å². The molecule has 0 saturated carbocycles. The maximum atomic E-state index is 11.4. The summed E-state index contributed by atoms with van der Waals surface area (Å²) in [7, 11) is 0. The van der Waals surface area contributed by atoms with E-state index in [1.165, 1.54) is 13.8 Å². The maximum Gasteiger partial charge on any atom is 0.450 e. The van der Waals surface area contributed by atoms with Gasteiger partial charge in [0.25, 0.3) is 0 Å². The molecule has 0 radical (unpaired) electrons. The van der Waals surface area contributed by atoms with Crippen molar-refractivity contribution in [3.05, 3.63) is 0 Å². The highest BCUT2D eigenvalue weighted by Gasteiger charge is 2.41. The van der Waals surface area contributed by atoms with E-state index >= 15 is 0 Å². The fourth-order valence-corrected chi connectivity index (χ4v) is 1.57. The fraction of sp³-hybridized carbons (Fsp3) is 0.846. The number of hydrogen-bond donors (Lipinski definition) is 0. The molecule has 0 aromatic heterocycles.